The van der Waals surface area contributed by atoms with Gasteiger partial charge in [-0.25, -0.2) is 4.57 Å². The smallest absolute Gasteiger partial charge is 0.469 e. The predicted molar refractivity (Wildman–Crippen MR) is 106 cm³/mol. The fourth-order valence-electron chi connectivity index (χ4n) is 3.51. The number of benzene rings is 1. The van der Waals surface area contributed by atoms with Crippen LogP contribution in [0.15, 0.2) is 41.8 Å². The maximum absolute atomic E-state index is 10.9. The molecule has 2 aromatic rings. The third kappa shape index (κ3) is 6.42. The van der Waals surface area contributed by atoms with Crippen LogP contribution >= 0.6 is 19.2 Å². The van der Waals surface area contributed by atoms with Crippen LogP contribution in [-0.4, -0.2) is 28.5 Å². The zero-order chi connectivity index (χ0) is 19.3. The first-order chi connectivity index (χ1) is 12.8. The van der Waals surface area contributed by atoms with Gasteiger partial charge in [0.05, 0.1) is 13.2 Å². The predicted octanol–water partition coefficient (Wildman–Crippen LogP) is 3.83. The molecule has 148 valence electrons. The number of rotatable bonds is 9. The van der Waals surface area contributed by atoms with Gasteiger partial charge in [-0.15, -0.1) is 11.3 Å². The lowest BCUT2D eigenvalue weighted by molar-refractivity contribution is 0.153. The van der Waals surface area contributed by atoms with E-state index in [1.165, 1.54) is 10.4 Å². The van der Waals surface area contributed by atoms with E-state index in [9.17, 15) is 4.57 Å². The van der Waals surface area contributed by atoms with Gasteiger partial charge < -0.3 is 20.3 Å². The standard InChI is InChI=1S/C19H26NO5PS/c20-19(14-25-26(21,22)23)10-9-16(13-19)15-5-7-17(8-6-15)24-11-1-3-18-4-2-12-27-18/h2,4-8,12,16H,1,3,9-11,13-14,20H2,(H2,21,22,23)/t16-,19+/m1/s1. The van der Waals surface area contributed by atoms with E-state index in [1.54, 1.807) is 11.3 Å². The Morgan fingerprint density at radius 1 is 1.26 bits per heavy atom. The summed E-state index contributed by atoms with van der Waals surface area (Å²) in [6.07, 6.45) is 4.22. The van der Waals surface area contributed by atoms with Crippen molar-refractivity contribution in [1.29, 1.82) is 0 Å². The van der Waals surface area contributed by atoms with E-state index in [0.29, 0.717) is 19.4 Å². The minimum atomic E-state index is -4.48. The average molecular weight is 411 g/mol. The molecule has 1 fully saturated rings. The van der Waals surface area contributed by atoms with E-state index >= 15 is 0 Å². The van der Waals surface area contributed by atoms with Crippen molar-refractivity contribution in [3.63, 3.8) is 0 Å². The molecule has 0 amide bonds. The van der Waals surface area contributed by atoms with Crippen LogP contribution in [0, 0.1) is 0 Å². The van der Waals surface area contributed by atoms with E-state index in [0.717, 1.165) is 25.0 Å². The summed E-state index contributed by atoms with van der Waals surface area (Å²) >= 11 is 1.77. The van der Waals surface area contributed by atoms with Crippen molar-refractivity contribution in [2.45, 2.75) is 43.6 Å². The number of phosphoric ester groups is 1. The Kier molecular flexibility index (Phi) is 6.74. The second kappa shape index (κ2) is 8.86. The molecule has 0 unspecified atom stereocenters. The van der Waals surface area contributed by atoms with E-state index in [-0.39, 0.29) is 12.5 Å². The molecule has 4 N–H and O–H groups in total. The monoisotopic (exact) mass is 411 g/mol. The van der Waals surface area contributed by atoms with E-state index in [1.807, 2.05) is 12.1 Å². The first-order valence-corrected chi connectivity index (χ1v) is 11.5. The van der Waals surface area contributed by atoms with Gasteiger partial charge in [0, 0.05) is 10.4 Å². The largest absolute Gasteiger partial charge is 0.494 e. The molecule has 1 aliphatic rings. The first-order valence-electron chi connectivity index (χ1n) is 9.07. The zero-order valence-corrected chi connectivity index (χ0v) is 16.8. The molecular weight excluding hydrogens is 385 g/mol. The number of hydrogen-bond acceptors (Lipinski definition) is 5. The zero-order valence-electron chi connectivity index (χ0n) is 15.1. The molecule has 1 saturated carbocycles. The van der Waals surface area contributed by atoms with Crippen LogP contribution in [0.3, 0.4) is 0 Å². The molecule has 1 heterocycles. The van der Waals surface area contributed by atoms with Gasteiger partial charge in [0.25, 0.3) is 0 Å². The highest BCUT2D eigenvalue weighted by atomic mass is 32.1. The normalized spacial score (nSPS) is 22.9. The lowest BCUT2D eigenvalue weighted by Gasteiger charge is -2.24. The van der Waals surface area contributed by atoms with Crippen LogP contribution in [0.4, 0.5) is 0 Å². The Hall–Kier alpha value is -1.21. The molecule has 0 aliphatic heterocycles. The number of nitrogens with two attached hydrogens (primary N) is 1. The maximum Gasteiger partial charge on any atom is 0.469 e. The average Bonchev–Trinajstić information content (AvgIpc) is 3.28. The number of ether oxygens (including phenoxy) is 1. The quantitative estimate of drug-likeness (QED) is 0.428. The number of thiophene rings is 1. The Labute approximate surface area is 163 Å². The maximum atomic E-state index is 10.9. The molecule has 1 aliphatic carbocycles. The van der Waals surface area contributed by atoms with Gasteiger partial charge in [-0.3, -0.25) is 4.52 Å². The third-order valence-corrected chi connectivity index (χ3v) is 6.33. The van der Waals surface area contributed by atoms with Gasteiger partial charge >= 0.3 is 7.82 Å². The molecule has 3 rings (SSSR count). The van der Waals surface area contributed by atoms with Crippen molar-refractivity contribution in [3.8, 4) is 5.75 Å². The van der Waals surface area contributed by atoms with Gasteiger partial charge in [-0.05, 0) is 67.2 Å². The molecule has 0 saturated heterocycles. The number of phosphoric acid groups is 1. The number of aryl methyl sites for hydroxylation is 1. The fourth-order valence-corrected chi connectivity index (χ4v) is 4.69. The summed E-state index contributed by atoms with van der Waals surface area (Å²) in [6, 6.07) is 12.3. The van der Waals surface area contributed by atoms with E-state index < -0.39 is 13.4 Å². The first kappa shape index (κ1) is 20.5. The minimum absolute atomic E-state index is 0.126. The van der Waals surface area contributed by atoms with Crippen LogP contribution < -0.4 is 10.5 Å². The van der Waals surface area contributed by atoms with Crippen LogP contribution in [0.1, 0.15) is 42.0 Å². The topological polar surface area (TPSA) is 102 Å². The second-order valence-electron chi connectivity index (χ2n) is 7.17. The van der Waals surface area contributed by atoms with Gasteiger partial charge in [-0.2, -0.15) is 0 Å². The van der Waals surface area contributed by atoms with Crippen molar-refractivity contribution in [1.82, 2.24) is 0 Å². The molecule has 1 aromatic carbocycles. The second-order valence-corrected chi connectivity index (χ2v) is 9.44. The molecule has 0 radical (unpaired) electrons. The molecule has 2 atom stereocenters. The summed E-state index contributed by atoms with van der Waals surface area (Å²) in [7, 11) is -4.48. The SMILES string of the molecule is N[C@@]1(COP(=O)(O)O)CC[C@@H](c2ccc(OCCCc3cccs3)cc2)C1. The number of hydrogen-bond donors (Lipinski definition) is 3. The molecule has 0 bridgehead atoms. The van der Waals surface area contributed by atoms with E-state index in [4.69, 9.17) is 20.3 Å². The summed E-state index contributed by atoms with van der Waals surface area (Å²) < 4.78 is 21.3. The summed E-state index contributed by atoms with van der Waals surface area (Å²) in [5.74, 6) is 1.12. The molecular formula is C19H26NO5PS. The molecule has 6 nitrogen and oxygen atoms in total. The van der Waals surface area contributed by atoms with Crippen LogP contribution in [-0.2, 0) is 15.5 Å². The molecule has 8 heteroatoms. The Morgan fingerprint density at radius 3 is 2.70 bits per heavy atom. The molecule has 27 heavy (non-hydrogen) atoms. The van der Waals surface area contributed by atoms with Gasteiger partial charge in [0.1, 0.15) is 5.75 Å². The lowest BCUT2D eigenvalue weighted by Crippen LogP contribution is -2.41. The summed E-state index contributed by atoms with van der Waals surface area (Å²) in [6.45, 7) is 0.561. The minimum Gasteiger partial charge on any atom is -0.494 e. The van der Waals surface area contributed by atoms with Gasteiger partial charge in [0.2, 0.25) is 0 Å². The van der Waals surface area contributed by atoms with Crippen molar-refractivity contribution in [2.24, 2.45) is 5.73 Å². The van der Waals surface area contributed by atoms with Crippen molar-refractivity contribution < 1.29 is 23.6 Å². The Morgan fingerprint density at radius 2 is 2.04 bits per heavy atom. The van der Waals surface area contributed by atoms with E-state index in [2.05, 4.69) is 34.2 Å². The van der Waals surface area contributed by atoms with Crippen molar-refractivity contribution >= 4 is 19.2 Å². The summed E-state index contributed by atoms with van der Waals surface area (Å²) in [4.78, 5) is 19.1. The lowest BCUT2D eigenvalue weighted by atomic mass is 9.94. The summed E-state index contributed by atoms with van der Waals surface area (Å²) in [5, 5.41) is 2.09. The highest BCUT2D eigenvalue weighted by Gasteiger charge is 2.38. The van der Waals surface area contributed by atoms with Crippen LogP contribution in [0.25, 0.3) is 0 Å². The van der Waals surface area contributed by atoms with Gasteiger partial charge in [-0.1, -0.05) is 18.2 Å². The fraction of sp³-hybridized carbons (Fsp3) is 0.474. The van der Waals surface area contributed by atoms with Crippen LogP contribution in [0.2, 0.25) is 0 Å². The highest BCUT2D eigenvalue weighted by Crippen LogP contribution is 2.43. The van der Waals surface area contributed by atoms with Gasteiger partial charge in [0.15, 0.2) is 0 Å². The Balaban J connectivity index is 1.45. The molecule has 0 spiro atoms. The summed E-state index contributed by atoms with van der Waals surface area (Å²) in [5.41, 5.74) is 6.73. The van der Waals surface area contributed by atoms with Crippen molar-refractivity contribution in [3.05, 3.63) is 52.2 Å². The highest BCUT2D eigenvalue weighted by molar-refractivity contribution is 7.46. The Bertz CT molecular complexity index is 761. The third-order valence-electron chi connectivity index (χ3n) is 4.93. The van der Waals surface area contributed by atoms with Crippen molar-refractivity contribution in [2.75, 3.05) is 13.2 Å². The van der Waals surface area contributed by atoms with Crippen LogP contribution in [0.5, 0.6) is 5.75 Å². The molecule has 1 aromatic heterocycles.